The van der Waals surface area contributed by atoms with E-state index >= 15 is 0 Å². The fourth-order valence-corrected chi connectivity index (χ4v) is 4.58. The zero-order valence-electron chi connectivity index (χ0n) is 19.5. The van der Waals surface area contributed by atoms with Gasteiger partial charge in [0.15, 0.2) is 8.03 Å². The number of hydrogen-bond donors (Lipinski definition) is 2. The molecule has 0 saturated heterocycles. The number of carbonyl (C=O) groups is 1. The number of pyridine rings is 1. The molecule has 1 aromatic carbocycles. The van der Waals surface area contributed by atoms with E-state index in [9.17, 15) is 23.7 Å². The van der Waals surface area contributed by atoms with E-state index in [1.807, 2.05) is 40.7 Å². The number of nitrogens with zero attached hydrogens (tertiary/aromatic N) is 1. The van der Waals surface area contributed by atoms with Gasteiger partial charge in [0, 0.05) is 16.8 Å². The predicted octanol–water partition coefficient (Wildman–Crippen LogP) is 5.13. The van der Waals surface area contributed by atoms with Crippen LogP contribution in [0.1, 0.15) is 76.5 Å². The molecule has 2 N–H and O–H groups in total. The van der Waals surface area contributed by atoms with Crippen molar-refractivity contribution in [3.8, 4) is 11.1 Å². The largest absolute Gasteiger partial charge is 0.466 e. The maximum Gasteiger partial charge on any atom is 0.308 e. The Morgan fingerprint density at radius 1 is 1.22 bits per heavy atom. The molecule has 0 saturated carbocycles. The summed E-state index contributed by atoms with van der Waals surface area (Å²) < 4.78 is 31.1. The predicted molar refractivity (Wildman–Crippen MR) is 124 cm³/mol. The monoisotopic (exact) mass is 465 g/mol. The highest BCUT2D eigenvalue weighted by molar-refractivity contribution is 7.38. The van der Waals surface area contributed by atoms with Crippen molar-refractivity contribution in [1.82, 2.24) is 4.98 Å². The molecule has 0 aliphatic carbocycles. The number of aliphatic hydroxyl groups excluding tert-OH is 1. The molecule has 2 rings (SSSR count). The van der Waals surface area contributed by atoms with Gasteiger partial charge in [0.25, 0.3) is 0 Å². The maximum atomic E-state index is 13.6. The smallest absolute Gasteiger partial charge is 0.308 e. The summed E-state index contributed by atoms with van der Waals surface area (Å²) in [5.74, 6) is -1.19. The van der Waals surface area contributed by atoms with Crippen LogP contribution in [0.2, 0.25) is 0 Å². The molecule has 8 heteroatoms. The SMILES string of the molecule is CCOC(=O)CC(O)C(c1c(-c2ccc(F)cc2)cc(C(C)(C)C)nc1C(C)C)[PH](=O)O. The minimum atomic E-state index is -3.35. The maximum absolute atomic E-state index is 13.6. The highest BCUT2D eigenvalue weighted by atomic mass is 31.1. The number of aliphatic hydroxyl groups is 1. The van der Waals surface area contributed by atoms with Crippen LogP contribution in [0.4, 0.5) is 4.39 Å². The second-order valence-electron chi connectivity index (χ2n) is 9.16. The van der Waals surface area contributed by atoms with E-state index in [2.05, 4.69) is 0 Å². The number of hydrogen-bond acceptors (Lipinski definition) is 5. The molecule has 0 amide bonds. The molecular formula is C24H33FNO5P. The van der Waals surface area contributed by atoms with Crippen LogP contribution in [0.3, 0.4) is 0 Å². The average molecular weight is 466 g/mol. The molecule has 0 aliphatic heterocycles. The number of rotatable bonds is 8. The van der Waals surface area contributed by atoms with Gasteiger partial charge in [0.2, 0.25) is 0 Å². The van der Waals surface area contributed by atoms with Crippen molar-refractivity contribution < 1.29 is 28.5 Å². The second-order valence-corrected chi connectivity index (χ2v) is 10.5. The normalized spacial score (nSPS) is 14.8. The van der Waals surface area contributed by atoms with E-state index in [1.54, 1.807) is 19.1 Å². The highest BCUT2D eigenvalue weighted by Crippen LogP contribution is 2.48. The van der Waals surface area contributed by atoms with E-state index in [0.717, 1.165) is 5.69 Å². The lowest BCUT2D eigenvalue weighted by Crippen LogP contribution is -2.25. The van der Waals surface area contributed by atoms with Gasteiger partial charge >= 0.3 is 5.97 Å². The number of carbonyl (C=O) groups excluding carboxylic acids is 1. The molecule has 1 heterocycles. The van der Waals surface area contributed by atoms with E-state index in [0.29, 0.717) is 22.4 Å². The third-order valence-corrected chi connectivity index (χ3v) is 6.41. The lowest BCUT2D eigenvalue weighted by atomic mass is 9.84. The number of ether oxygens (including phenoxy) is 1. The van der Waals surface area contributed by atoms with E-state index in [4.69, 9.17) is 9.72 Å². The summed E-state index contributed by atoms with van der Waals surface area (Å²) in [6, 6.07) is 7.64. The minimum Gasteiger partial charge on any atom is -0.466 e. The van der Waals surface area contributed by atoms with E-state index in [1.165, 1.54) is 12.1 Å². The lowest BCUT2D eigenvalue weighted by molar-refractivity contribution is -0.145. The standard InChI is InChI=1S/C24H33FNO5P/c1-7-31-20(28)13-18(27)23(32(29)30)21-17(15-8-10-16(25)11-9-15)12-19(24(4,5)6)26-22(21)14(2)3/h8-12,14,18,23,27,32H,7,13H2,1-6H3,(H,29,30). The van der Waals surface area contributed by atoms with Gasteiger partial charge in [0.1, 0.15) is 5.82 Å². The summed E-state index contributed by atoms with van der Waals surface area (Å²) in [5.41, 5.74) is 1.41. The first-order valence-corrected chi connectivity index (χ1v) is 12.2. The van der Waals surface area contributed by atoms with Gasteiger partial charge in [-0.05, 0) is 47.7 Å². The Hall–Kier alpha value is -2.08. The number of esters is 1. The van der Waals surface area contributed by atoms with Crippen LogP contribution in [0.5, 0.6) is 0 Å². The third-order valence-electron chi connectivity index (χ3n) is 5.20. The highest BCUT2D eigenvalue weighted by Gasteiger charge is 2.35. The van der Waals surface area contributed by atoms with Gasteiger partial charge in [-0.3, -0.25) is 14.3 Å². The van der Waals surface area contributed by atoms with Crippen LogP contribution in [0.25, 0.3) is 11.1 Å². The van der Waals surface area contributed by atoms with Crippen LogP contribution in [0.15, 0.2) is 30.3 Å². The molecule has 3 atom stereocenters. The summed E-state index contributed by atoms with van der Waals surface area (Å²) >= 11 is 0. The Morgan fingerprint density at radius 3 is 2.28 bits per heavy atom. The average Bonchev–Trinajstić information content (AvgIpc) is 2.67. The molecule has 0 spiro atoms. The van der Waals surface area contributed by atoms with E-state index < -0.39 is 38.0 Å². The number of aromatic nitrogens is 1. The summed E-state index contributed by atoms with van der Waals surface area (Å²) in [6.07, 6.45) is -1.86. The van der Waals surface area contributed by atoms with Gasteiger partial charge in [-0.25, -0.2) is 4.39 Å². The fourth-order valence-electron chi connectivity index (χ4n) is 3.58. The van der Waals surface area contributed by atoms with Crippen molar-refractivity contribution in [2.75, 3.05) is 6.61 Å². The molecule has 2 aromatic rings. The van der Waals surface area contributed by atoms with Crippen LogP contribution >= 0.6 is 8.03 Å². The lowest BCUT2D eigenvalue weighted by Gasteiger charge is -2.29. The Bertz CT molecular complexity index is 970. The Morgan fingerprint density at radius 2 is 1.81 bits per heavy atom. The van der Waals surface area contributed by atoms with E-state index in [-0.39, 0.29) is 17.9 Å². The van der Waals surface area contributed by atoms with Crippen molar-refractivity contribution in [1.29, 1.82) is 0 Å². The van der Waals surface area contributed by atoms with Crippen molar-refractivity contribution >= 4 is 14.0 Å². The molecule has 0 fully saturated rings. The first-order valence-electron chi connectivity index (χ1n) is 10.7. The molecular weight excluding hydrogens is 432 g/mol. The van der Waals surface area contributed by atoms with Crippen LogP contribution in [0, 0.1) is 5.82 Å². The third kappa shape index (κ3) is 6.25. The molecule has 0 radical (unpaired) electrons. The molecule has 32 heavy (non-hydrogen) atoms. The topological polar surface area (TPSA) is 96.7 Å². The van der Waals surface area contributed by atoms with Crippen molar-refractivity contribution in [2.45, 2.75) is 71.1 Å². The van der Waals surface area contributed by atoms with Crippen LogP contribution < -0.4 is 0 Å². The van der Waals surface area contributed by atoms with Gasteiger partial charge in [-0.2, -0.15) is 0 Å². The molecule has 176 valence electrons. The van der Waals surface area contributed by atoms with Gasteiger partial charge in [-0.1, -0.05) is 46.8 Å². The quantitative estimate of drug-likeness (QED) is 0.414. The van der Waals surface area contributed by atoms with Gasteiger partial charge in [-0.15, -0.1) is 0 Å². The van der Waals surface area contributed by atoms with Crippen LogP contribution in [-0.2, 0) is 19.5 Å². The zero-order chi connectivity index (χ0) is 24.2. The summed E-state index contributed by atoms with van der Waals surface area (Å²) in [4.78, 5) is 27.1. The molecule has 0 bridgehead atoms. The fraction of sp³-hybridized carbons (Fsp3) is 0.500. The zero-order valence-corrected chi connectivity index (χ0v) is 20.5. The molecule has 0 aliphatic rings. The van der Waals surface area contributed by atoms with Crippen LogP contribution in [-0.4, -0.2) is 33.7 Å². The molecule has 3 unspecified atom stereocenters. The Kier molecular flexibility index (Phi) is 8.74. The van der Waals surface area contributed by atoms with Crippen molar-refractivity contribution in [2.24, 2.45) is 0 Å². The minimum absolute atomic E-state index is 0.134. The summed E-state index contributed by atoms with van der Waals surface area (Å²) in [7, 11) is -3.35. The first kappa shape index (κ1) is 26.2. The van der Waals surface area contributed by atoms with Crippen molar-refractivity contribution in [3.63, 3.8) is 0 Å². The van der Waals surface area contributed by atoms with Crippen molar-refractivity contribution in [3.05, 3.63) is 53.1 Å². The second kappa shape index (κ2) is 10.7. The summed E-state index contributed by atoms with van der Waals surface area (Å²) in [5, 5.41) is 10.9. The Labute approximate surface area is 189 Å². The first-order chi connectivity index (χ1) is 14.9. The molecule has 6 nitrogen and oxygen atoms in total. The summed E-state index contributed by atoms with van der Waals surface area (Å²) in [6.45, 7) is 11.6. The van der Waals surface area contributed by atoms with Gasteiger partial charge < -0.3 is 14.7 Å². The number of halogens is 1. The number of benzene rings is 1. The Balaban J connectivity index is 2.82. The molecule has 1 aromatic heterocycles. The van der Waals surface area contributed by atoms with Gasteiger partial charge in [0.05, 0.1) is 24.8 Å².